The molecule has 2 heterocycles. The fraction of sp³-hybridized carbons (Fsp3) is 0.846. The number of rotatable bonds is 3. The summed E-state index contributed by atoms with van der Waals surface area (Å²) in [5.74, 6) is -1.83. The molecule has 7 nitrogen and oxygen atoms in total. The van der Waals surface area contributed by atoms with E-state index in [0.717, 1.165) is 0 Å². The molecule has 2 fully saturated rings. The first-order chi connectivity index (χ1) is 9.33. The number of nitrogens with zero attached hydrogens (tertiary/aromatic N) is 1. The zero-order valence-electron chi connectivity index (χ0n) is 12.0. The number of esters is 1. The van der Waals surface area contributed by atoms with E-state index < -0.39 is 23.2 Å². The minimum absolute atomic E-state index is 0.0951. The third-order valence-electron chi connectivity index (χ3n) is 3.90. The average Bonchev–Trinajstić information content (AvgIpc) is 2.81. The van der Waals surface area contributed by atoms with Crippen molar-refractivity contribution in [1.29, 1.82) is 0 Å². The number of aliphatic hydroxyl groups excluding tert-OH is 1. The van der Waals surface area contributed by atoms with Crippen LogP contribution in [0.3, 0.4) is 0 Å². The minimum atomic E-state index is -0.921. The number of likely N-dealkylation sites (tertiary alicyclic amines) is 1. The number of amides is 1. The van der Waals surface area contributed by atoms with E-state index in [-0.39, 0.29) is 38.7 Å². The van der Waals surface area contributed by atoms with E-state index in [1.165, 1.54) is 12.0 Å². The first-order valence-corrected chi connectivity index (χ1v) is 6.61. The maximum atomic E-state index is 12.1. The first-order valence-electron chi connectivity index (χ1n) is 6.61. The summed E-state index contributed by atoms with van der Waals surface area (Å²) in [5.41, 5.74) is -0.921. The van der Waals surface area contributed by atoms with Gasteiger partial charge in [-0.25, -0.2) is 0 Å². The molecular weight excluding hydrogens is 266 g/mol. The highest BCUT2D eigenvalue weighted by molar-refractivity contribution is 5.87. The zero-order valence-corrected chi connectivity index (χ0v) is 12.0. The monoisotopic (exact) mass is 287 g/mol. The topological polar surface area (TPSA) is 85.3 Å². The zero-order chi connectivity index (χ0) is 15.0. The molecule has 1 unspecified atom stereocenters. The van der Waals surface area contributed by atoms with Crippen molar-refractivity contribution >= 4 is 11.9 Å². The largest absolute Gasteiger partial charge is 0.469 e. The van der Waals surface area contributed by atoms with Crippen molar-refractivity contribution in [2.45, 2.75) is 31.6 Å². The van der Waals surface area contributed by atoms with Crippen LogP contribution in [0.15, 0.2) is 0 Å². The van der Waals surface area contributed by atoms with Crippen LogP contribution < -0.4 is 0 Å². The normalized spacial score (nSPS) is 28.5. The highest BCUT2D eigenvalue weighted by Crippen LogP contribution is 2.33. The van der Waals surface area contributed by atoms with Gasteiger partial charge in [0.25, 0.3) is 0 Å². The van der Waals surface area contributed by atoms with E-state index in [9.17, 15) is 14.7 Å². The molecule has 0 aromatic carbocycles. The van der Waals surface area contributed by atoms with E-state index in [1.54, 1.807) is 13.8 Å². The first kappa shape index (κ1) is 15.2. The molecule has 0 aliphatic carbocycles. The van der Waals surface area contributed by atoms with Gasteiger partial charge in [-0.15, -0.1) is 0 Å². The number of methoxy groups -OCH3 is 1. The number of hydrogen-bond donors (Lipinski definition) is 1. The Kier molecular flexibility index (Phi) is 4.04. The van der Waals surface area contributed by atoms with Gasteiger partial charge in [0.1, 0.15) is 5.54 Å². The molecule has 0 saturated carbocycles. The Bertz CT molecular complexity index is 398. The van der Waals surface area contributed by atoms with E-state index in [2.05, 4.69) is 4.74 Å². The second kappa shape index (κ2) is 5.31. The predicted molar refractivity (Wildman–Crippen MR) is 67.6 cm³/mol. The molecule has 7 heteroatoms. The molecule has 1 amide bonds. The van der Waals surface area contributed by atoms with Crippen LogP contribution >= 0.6 is 0 Å². The summed E-state index contributed by atoms with van der Waals surface area (Å²) < 4.78 is 15.8. The van der Waals surface area contributed by atoms with Crippen LogP contribution in [0.1, 0.15) is 20.3 Å². The van der Waals surface area contributed by atoms with Crippen LogP contribution in [0.25, 0.3) is 0 Å². The minimum Gasteiger partial charge on any atom is -0.469 e. The van der Waals surface area contributed by atoms with Gasteiger partial charge in [0, 0.05) is 13.0 Å². The highest BCUT2D eigenvalue weighted by atomic mass is 16.7. The highest BCUT2D eigenvalue weighted by Gasteiger charge is 2.50. The summed E-state index contributed by atoms with van der Waals surface area (Å²) in [6.07, 6.45) is 0.0951. The summed E-state index contributed by atoms with van der Waals surface area (Å²) in [5, 5.41) is 9.70. The molecule has 1 atom stereocenters. The van der Waals surface area contributed by atoms with Crippen LogP contribution in [0, 0.1) is 5.92 Å². The van der Waals surface area contributed by atoms with Crippen molar-refractivity contribution in [1.82, 2.24) is 4.90 Å². The lowest BCUT2D eigenvalue weighted by Gasteiger charge is -2.47. The second-order valence-corrected chi connectivity index (χ2v) is 5.79. The maximum Gasteiger partial charge on any atom is 0.310 e. The Morgan fingerprint density at radius 3 is 2.55 bits per heavy atom. The number of aliphatic hydroxyl groups is 1. The summed E-state index contributed by atoms with van der Waals surface area (Å²) >= 11 is 0. The molecule has 114 valence electrons. The SMILES string of the molecule is COC(=O)C1CC(=O)N(C2(CO)COC(C)(C)OC2)C1. The lowest BCUT2D eigenvalue weighted by Crippen LogP contribution is -2.63. The van der Waals surface area contributed by atoms with Gasteiger partial charge in [0.2, 0.25) is 5.91 Å². The van der Waals surface area contributed by atoms with Crippen molar-refractivity contribution in [3.63, 3.8) is 0 Å². The maximum absolute atomic E-state index is 12.1. The van der Waals surface area contributed by atoms with E-state index >= 15 is 0 Å². The second-order valence-electron chi connectivity index (χ2n) is 5.79. The fourth-order valence-corrected chi connectivity index (χ4v) is 2.52. The average molecular weight is 287 g/mol. The Morgan fingerprint density at radius 1 is 1.45 bits per heavy atom. The van der Waals surface area contributed by atoms with Crippen LogP contribution in [-0.2, 0) is 23.8 Å². The van der Waals surface area contributed by atoms with E-state index in [0.29, 0.717) is 0 Å². The van der Waals surface area contributed by atoms with Gasteiger partial charge < -0.3 is 24.2 Å². The van der Waals surface area contributed by atoms with Crippen LogP contribution in [-0.4, -0.2) is 66.7 Å². The molecule has 20 heavy (non-hydrogen) atoms. The van der Waals surface area contributed by atoms with Gasteiger partial charge in [-0.2, -0.15) is 0 Å². The molecule has 0 aromatic rings. The van der Waals surface area contributed by atoms with Crippen LogP contribution in [0.5, 0.6) is 0 Å². The van der Waals surface area contributed by atoms with E-state index in [1.807, 2.05) is 0 Å². The van der Waals surface area contributed by atoms with Gasteiger partial charge >= 0.3 is 5.97 Å². The van der Waals surface area contributed by atoms with Gasteiger partial charge in [0.15, 0.2) is 5.79 Å². The molecule has 0 aromatic heterocycles. The van der Waals surface area contributed by atoms with Crippen molar-refractivity contribution in [3.05, 3.63) is 0 Å². The molecule has 0 radical (unpaired) electrons. The molecule has 1 N–H and O–H groups in total. The summed E-state index contributed by atoms with van der Waals surface area (Å²) in [7, 11) is 1.30. The summed E-state index contributed by atoms with van der Waals surface area (Å²) in [6.45, 7) is 3.85. The van der Waals surface area contributed by atoms with E-state index in [4.69, 9.17) is 9.47 Å². The van der Waals surface area contributed by atoms with Gasteiger partial charge in [0.05, 0.1) is 32.8 Å². The Balaban J connectivity index is 2.13. The smallest absolute Gasteiger partial charge is 0.310 e. The van der Waals surface area contributed by atoms with Gasteiger partial charge in [-0.1, -0.05) is 0 Å². The molecule has 0 bridgehead atoms. The number of hydrogen-bond acceptors (Lipinski definition) is 6. The van der Waals surface area contributed by atoms with Crippen molar-refractivity contribution in [2.24, 2.45) is 5.92 Å². The standard InChI is InChI=1S/C13H21NO6/c1-12(2)19-7-13(6-15,8-20-12)14-5-9(4-10(14)16)11(17)18-3/h9,15H,4-8H2,1-3H3. The Morgan fingerprint density at radius 2 is 2.05 bits per heavy atom. The summed E-state index contributed by atoms with van der Waals surface area (Å²) in [6, 6.07) is 0. The van der Waals surface area contributed by atoms with Crippen molar-refractivity contribution in [2.75, 3.05) is 33.5 Å². The molecule has 0 spiro atoms. The predicted octanol–water partition coefficient (Wildman–Crippen LogP) is -0.478. The molecule has 2 aliphatic rings. The fourth-order valence-electron chi connectivity index (χ4n) is 2.52. The number of ether oxygens (including phenoxy) is 3. The Hall–Kier alpha value is -1.18. The van der Waals surface area contributed by atoms with Crippen LogP contribution in [0.4, 0.5) is 0 Å². The number of carbonyl (C=O) groups excluding carboxylic acids is 2. The molecular formula is C13H21NO6. The molecule has 2 rings (SSSR count). The lowest BCUT2D eigenvalue weighted by atomic mass is 9.99. The lowest BCUT2D eigenvalue weighted by molar-refractivity contribution is -0.288. The molecule has 2 aliphatic heterocycles. The quantitative estimate of drug-likeness (QED) is 0.706. The van der Waals surface area contributed by atoms with Crippen LogP contribution in [0.2, 0.25) is 0 Å². The summed E-state index contributed by atoms with van der Waals surface area (Å²) in [4.78, 5) is 25.2. The molecule has 2 saturated heterocycles. The third-order valence-corrected chi connectivity index (χ3v) is 3.90. The van der Waals surface area contributed by atoms with Gasteiger partial charge in [-0.05, 0) is 13.8 Å². The van der Waals surface area contributed by atoms with Gasteiger partial charge in [-0.3, -0.25) is 9.59 Å². The Labute approximate surface area is 117 Å². The number of carbonyl (C=O) groups is 2. The third kappa shape index (κ3) is 2.65. The van der Waals surface area contributed by atoms with Crippen molar-refractivity contribution in [3.8, 4) is 0 Å². The van der Waals surface area contributed by atoms with Crippen molar-refractivity contribution < 1.29 is 28.9 Å².